The van der Waals surface area contributed by atoms with Crippen LogP contribution in [0.5, 0.6) is 0 Å². The van der Waals surface area contributed by atoms with Gasteiger partial charge in [0, 0.05) is 56.0 Å². The minimum Gasteiger partial charge on any atom is -0.392 e. The topological polar surface area (TPSA) is 52.5 Å². The van der Waals surface area contributed by atoms with E-state index < -0.39 is 0 Å². The number of hydrogen-bond acceptors (Lipinski definition) is 5. The molecule has 5 nitrogen and oxygen atoms in total. The maximum Gasteiger partial charge on any atom is 0.161 e. The number of rotatable bonds is 7. The lowest BCUT2D eigenvalue weighted by Gasteiger charge is -2.37. The van der Waals surface area contributed by atoms with Gasteiger partial charge >= 0.3 is 0 Å². The maximum absolute atomic E-state index is 10.0. The molecule has 0 amide bonds. The van der Waals surface area contributed by atoms with Crippen LogP contribution in [-0.2, 0) is 6.42 Å². The maximum atomic E-state index is 10.0. The Morgan fingerprint density at radius 2 is 1.55 bits per heavy atom. The molecule has 2 heterocycles. The van der Waals surface area contributed by atoms with Crippen molar-refractivity contribution in [2.75, 3.05) is 37.6 Å². The highest BCUT2D eigenvalue weighted by Crippen LogP contribution is 2.28. The molecule has 0 radical (unpaired) electrons. The minimum absolute atomic E-state index is 0.244. The summed E-state index contributed by atoms with van der Waals surface area (Å²) in [5.41, 5.74) is 4.56. The molecule has 1 atom stereocenters. The lowest BCUT2D eigenvalue weighted by molar-refractivity contribution is 0.106. The van der Waals surface area contributed by atoms with E-state index in [1.54, 1.807) is 0 Å². The van der Waals surface area contributed by atoms with E-state index in [4.69, 9.17) is 9.97 Å². The van der Waals surface area contributed by atoms with Crippen molar-refractivity contribution in [1.82, 2.24) is 14.9 Å². The van der Waals surface area contributed by atoms with E-state index in [-0.39, 0.29) is 6.10 Å². The van der Waals surface area contributed by atoms with Crippen molar-refractivity contribution in [1.29, 1.82) is 0 Å². The van der Waals surface area contributed by atoms with E-state index >= 15 is 0 Å². The zero-order chi connectivity index (χ0) is 21.6. The second-order valence-corrected chi connectivity index (χ2v) is 8.31. The van der Waals surface area contributed by atoms with E-state index in [1.807, 2.05) is 25.1 Å². The number of aryl methyl sites for hydroxylation is 1. The molecular weight excluding hydrogens is 384 g/mol. The summed E-state index contributed by atoms with van der Waals surface area (Å²) in [7, 11) is 0. The third-order valence-electron chi connectivity index (χ3n) is 6.06. The molecular formula is C26H32N4O. The number of piperazine rings is 1. The molecule has 1 N–H and O–H groups in total. The van der Waals surface area contributed by atoms with E-state index in [0.717, 1.165) is 68.5 Å². The number of nitrogens with zero attached hydrogens (tertiary/aromatic N) is 4. The monoisotopic (exact) mass is 416 g/mol. The summed E-state index contributed by atoms with van der Waals surface area (Å²) in [6.45, 7) is 8.57. The number of aliphatic hydroxyl groups excluding tert-OH is 1. The second kappa shape index (κ2) is 10.0. The SMILES string of the molecule is CC[C@H](O)CN1CCN(c2nc(-c3ccccc3)nc(C)c2Cc2ccccc2)CC1. The van der Waals surface area contributed by atoms with E-state index in [1.165, 1.54) is 11.1 Å². The van der Waals surface area contributed by atoms with Gasteiger partial charge in [0.05, 0.1) is 6.10 Å². The molecule has 5 heteroatoms. The second-order valence-electron chi connectivity index (χ2n) is 8.31. The average molecular weight is 417 g/mol. The van der Waals surface area contributed by atoms with Crippen LogP contribution in [0.15, 0.2) is 60.7 Å². The Kier molecular flexibility index (Phi) is 6.95. The van der Waals surface area contributed by atoms with Crippen molar-refractivity contribution in [3.05, 3.63) is 77.5 Å². The first kappa shape index (κ1) is 21.5. The van der Waals surface area contributed by atoms with Crippen LogP contribution in [-0.4, -0.2) is 58.8 Å². The fourth-order valence-corrected chi connectivity index (χ4v) is 4.14. The Morgan fingerprint density at radius 1 is 0.903 bits per heavy atom. The normalized spacial score (nSPS) is 15.8. The highest BCUT2D eigenvalue weighted by molar-refractivity contribution is 5.61. The van der Waals surface area contributed by atoms with Gasteiger partial charge in [0.1, 0.15) is 5.82 Å². The first-order chi connectivity index (χ1) is 15.1. The molecule has 1 fully saturated rings. The number of aromatic nitrogens is 2. The Bertz CT molecular complexity index is 969. The molecule has 0 bridgehead atoms. The number of anilines is 1. The molecule has 162 valence electrons. The minimum atomic E-state index is -0.244. The Morgan fingerprint density at radius 3 is 2.19 bits per heavy atom. The van der Waals surface area contributed by atoms with Gasteiger partial charge in [-0.1, -0.05) is 67.6 Å². The van der Waals surface area contributed by atoms with Crippen molar-refractivity contribution >= 4 is 5.82 Å². The summed E-state index contributed by atoms with van der Waals surface area (Å²) < 4.78 is 0. The molecule has 1 saturated heterocycles. The molecule has 1 aliphatic rings. The number of aliphatic hydroxyl groups is 1. The van der Waals surface area contributed by atoms with Crippen molar-refractivity contribution in [2.24, 2.45) is 0 Å². The third kappa shape index (κ3) is 5.30. The highest BCUT2D eigenvalue weighted by Gasteiger charge is 2.24. The van der Waals surface area contributed by atoms with Gasteiger partial charge in [-0.15, -0.1) is 0 Å². The van der Waals surface area contributed by atoms with Gasteiger partial charge in [-0.3, -0.25) is 4.90 Å². The molecule has 0 spiro atoms. The highest BCUT2D eigenvalue weighted by atomic mass is 16.3. The quantitative estimate of drug-likeness (QED) is 0.632. The number of β-amino-alcohol motifs (C(OH)–C–C–N with tert-alkyl or cyclic N) is 1. The summed E-state index contributed by atoms with van der Waals surface area (Å²) in [5, 5.41) is 10.0. The van der Waals surface area contributed by atoms with Gasteiger partial charge in [-0.05, 0) is 18.9 Å². The lowest BCUT2D eigenvalue weighted by Crippen LogP contribution is -2.49. The van der Waals surface area contributed by atoms with Gasteiger partial charge in [0.15, 0.2) is 5.82 Å². The van der Waals surface area contributed by atoms with Crippen LogP contribution in [0.1, 0.15) is 30.2 Å². The summed E-state index contributed by atoms with van der Waals surface area (Å²) in [4.78, 5) is 14.7. The van der Waals surface area contributed by atoms with Gasteiger partial charge < -0.3 is 10.0 Å². The summed E-state index contributed by atoms with van der Waals surface area (Å²) in [6.07, 6.45) is 1.38. The predicted molar refractivity (Wildman–Crippen MR) is 126 cm³/mol. The summed E-state index contributed by atoms with van der Waals surface area (Å²) in [5.74, 6) is 1.83. The first-order valence-corrected chi connectivity index (χ1v) is 11.3. The Hall–Kier alpha value is -2.76. The van der Waals surface area contributed by atoms with Crippen molar-refractivity contribution in [2.45, 2.75) is 32.8 Å². The number of hydrogen-bond donors (Lipinski definition) is 1. The van der Waals surface area contributed by atoms with Crippen LogP contribution >= 0.6 is 0 Å². The van der Waals surface area contributed by atoms with Gasteiger partial charge in [0.25, 0.3) is 0 Å². The van der Waals surface area contributed by atoms with E-state index in [2.05, 4.69) is 59.2 Å². The smallest absolute Gasteiger partial charge is 0.161 e. The molecule has 31 heavy (non-hydrogen) atoms. The molecule has 3 aromatic rings. The molecule has 1 aliphatic heterocycles. The standard InChI is InChI=1S/C26H32N4O/c1-3-23(31)19-29-14-16-30(17-15-29)26-24(18-21-10-6-4-7-11-21)20(2)27-25(28-26)22-12-8-5-9-13-22/h4-13,23,31H,3,14-19H2,1-2H3/t23-/m0/s1. The van der Waals surface area contributed by atoms with Crippen LogP contribution in [0, 0.1) is 6.92 Å². The molecule has 4 rings (SSSR count). The van der Waals surface area contributed by atoms with E-state index in [0.29, 0.717) is 0 Å². The van der Waals surface area contributed by atoms with Gasteiger partial charge in [-0.25, -0.2) is 9.97 Å². The van der Waals surface area contributed by atoms with Crippen LogP contribution in [0.25, 0.3) is 11.4 Å². The summed E-state index contributed by atoms with van der Waals surface area (Å²) in [6, 6.07) is 20.8. The van der Waals surface area contributed by atoms with Crippen LogP contribution in [0.4, 0.5) is 5.82 Å². The zero-order valence-corrected chi connectivity index (χ0v) is 18.5. The number of benzene rings is 2. The fourth-order valence-electron chi connectivity index (χ4n) is 4.14. The van der Waals surface area contributed by atoms with Crippen LogP contribution in [0.3, 0.4) is 0 Å². The zero-order valence-electron chi connectivity index (χ0n) is 18.5. The molecule has 0 unspecified atom stereocenters. The molecule has 1 aromatic heterocycles. The first-order valence-electron chi connectivity index (χ1n) is 11.3. The van der Waals surface area contributed by atoms with Crippen LogP contribution < -0.4 is 4.90 Å². The van der Waals surface area contributed by atoms with E-state index in [9.17, 15) is 5.11 Å². The van der Waals surface area contributed by atoms with Crippen molar-refractivity contribution < 1.29 is 5.11 Å². The van der Waals surface area contributed by atoms with Gasteiger partial charge in [-0.2, -0.15) is 0 Å². The predicted octanol–water partition coefficient (Wildman–Crippen LogP) is 3.94. The Balaban J connectivity index is 1.64. The summed E-state index contributed by atoms with van der Waals surface area (Å²) >= 11 is 0. The lowest BCUT2D eigenvalue weighted by atomic mass is 10.0. The molecule has 0 saturated carbocycles. The van der Waals surface area contributed by atoms with Crippen molar-refractivity contribution in [3.63, 3.8) is 0 Å². The fraction of sp³-hybridized carbons (Fsp3) is 0.385. The molecule has 0 aliphatic carbocycles. The molecule has 2 aromatic carbocycles. The van der Waals surface area contributed by atoms with Crippen molar-refractivity contribution in [3.8, 4) is 11.4 Å². The average Bonchev–Trinajstić information content (AvgIpc) is 2.82. The Labute approximate surface area is 185 Å². The largest absolute Gasteiger partial charge is 0.392 e. The van der Waals surface area contributed by atoms with Crippen LogP contribution in [0.2, 0.25) is 0 Å². The third-order valence-corrected chi connectivity index (χ3v) is 6.06. The van der Waals surface area contributed by atoms with Gasteiger partial charge in [0.2, 0.25) is 0 Å².